The normalized spacial score (nSPS) is 12.2. The molecule has 0 aliphatic rings. The predicted octanol–water partition coefficient (Wildman–Crippen LogP) is 2.30. The van der Waals surface area contributed by atoms with Crippen LogP contribution in [0.2, 0.25) is 0 Å². The van der Waals surface area contributed by atoms with Crippen LogP contribution in [0.5, 0.6) is 0 Å². The fourth-order valence-electron chi connectivity index (χ4n) is 2.10. The second-order valence-electron chi connectivity index (χ2n) is 5.71. The van der Waals surface area contributed by atoms with E-state index in [9.17, 15) is 9.59 Å². The Morgan fingerprint density at radius 2 is 1.73 bits per heavy atom. The number of nitrogens with one attached hydrogen (secondary N) is 1. The molecule has 116 valence electrons. The highest BCUT2D eigenvalue weighted by Gasteiger charge is 2.18. The molecule has 22 heavy (non-hydrogen) atoms. The van der Waals surface area contributed by atoms with Crippen molar-refractivity contribution in [1.29, 1.82) is 0 Å². The van der Waals surface area contributed by atoms with Gasteiger partial charge in [-0.2, -0.15) is 5.10 Å². The van der Waals surface area contributed by atoms with Crippen molar-refractivity contribution < 1.29 is 4.79 Å². The van der Waals surface area contributed by atoms with Gasteiger partial charge in [0.15, 0.2) is 0 Å². The number of hydrogen-bond acceptors (Lipinski definition) is 3. The molecule has 1 heterocycles. The quantitative estimate of drug-likeness (QED) is 0.942. The van der Waals surface area contributed by atoms with Crippen molar-refractivity contribution in [3.63, 3.8) is 0 Å². The van der Waals surface area contributed by atoms with E-state index in [1.165, 1.54) is 10.7 Å². The Morgan fingerprint density at radius 3 is 2.32 bits per heavy atom. The number of carbonyl (C=O) groups excluding carboxylic acids is 1. The lowest BCUT2D eigenvalue weighted by atomic mass is 10.1. The first kappa shape index (κ1) is 15.9. The van der Waals surface area contributed by atoms with Crippen LogP contribution in [0.15, 0.2) is 41.2 Å². The zero-order valence-corrected chi connectivity index (χ0v) is 13.3. The Kier molecular flexibility index (Phi) is 4.75. The number of aromatic nitrogens is 2. The molecule has 2 aromatic rings. The number of amides is 1. The number of hydrogen-bond donors (Lipinski definition) is 1. The highest BCUT2D eigenvalue weighted by Crippen LogP contribution is 2.16. The molecule has 1 atom stereocenters. The van der Waals surface area contributed by atoms with Gasteiger partial charge in [-0.1, -0.05) is 29.8 Å². The predicted molar refractivity (Wildman–Crippen MR) is 86.7 cm³/mol. The van der Waals surface area contributed by atoms with Crippen molar-refractivity contribution >= 4 is 5.91 Å². The zero-order valence-electron chi connectivity index (χ0n) is 13.3. The summed E-state index contributed by atoms with van der Waals surface area (Å²) >= 11 is 0. The van der Waals surface area contributed by atoms with Gasteiger partial charge >= 0.3 is 0 Å². The smallest absolute Gasteiger partial charge is 0.267 e. The maximum absolute atomic E-state index is 12.1. The molecule has 1 N–H and O–H groups in total. The van der Waals surface area contributed by atoms with E-state index in [-0.39, 0.29) is 17.5 Å². The van der Waals surface area contributed by atoms with Crippen LogP contribution in [0.1, 0.15) is 32.4 Å². The van der Waals surface area contributed by atoms with Crippen molar-refractivity contribution in [1.82, 2.24) is 15.1 Å². The average Bonchev–Trinajstić information content (AvgIpc) is 2.47. The summed E-state index contributed by atoms with van der Waals surface area (Å²) in [6.07, 6.45) is 0. The molecule has 0 aliphatic carbocycles. The second kappa shape index (κ2) is 6.56. The van der Waals surface area contributed by atoms with E-state index in [2.05, 4.69) is 10.4 Å². The number of benzene rings is 1. The molecule has 2 rings (SSSR count). The molecule has 0 saturated carbocycles. The molecule has 0 fully saturated rings. The highest BCUT2D eigenvalue weighted by molar-refractivity contribution is 5.80. The highest BCUT2D eigenvalue weighted by atomic mass is 16.2. The first-order valence-corrected chi connectivity index (χ1v) is 7.36. The molecule has 0 saturated heterocycles. The molecular formula is C17H21N3O2. The van der Waals surface area contributed by atoms with Crippen LogP contribution >= 0.6 is 0 Å². The van der Waals surface area contributed by atoms with Crippen LogP contribution in [-0.4, -0.2) is 21.7 Å². The summed E-state index contributed by atoms with van der Waals surface area (Å²) in [5.41, 5.74) is 2.45. The van der Waals surface area contributed by atoms with E-state index in [0.29, 0.717) is 5.69 Å². The Bertz CT molecular complexity index is 717. The van der Waals surface area contributed by atoms with E-state index in [0.717, 1.165) is 11.1 Å². The molecule has 0 radical (unpaired) electrons. The third-order valence-electron chi connectivity index (χ3n) is 3.35. The summed E-state index contributed by atoms with van der Waals surface area (Å²) in [4.78, 5) is 24.1. The monoisotopic (exact) mass is 299 g/mol. The molecule has 0 bridgehead atoms. The number of aryl methyl sites for hydroxylation is 1. The van der Waals surface area contributed by atoms with E-state index in [1.807, 2.05) is 45.0 Å². The summed E-state index contributed by atoms with van der Waals surface area (Å²) in [6.45, 7) is 7.44. The molecule has 5 nitrogen and oxygen atoms in total. The minimum Gasteiger partial charge on any atom is -0.352 e. The van der Waals surface area contributed by atoms with Crippen LogP contribution in [0.3, 0.4) is 0 Å². The zero-order chi connectivity index (χ0) is 16.3. The molecule has 0 aliphatic heterocycles. The van der Waals surface area contributed by atoms with E-state index in [4.69, 9.17) is 0 Å². The third kappa shape index (κ3) is 3.61. The van der Waals surface area contributed by atoms with E-state index >= 15 is 0 Å². The average molecular weight is 299 g/mol. The van der Waals surface area contributed by atoms with Crippen LogP contribution in [-0.2, 0) is 4.79 Å². The van der Waals surface area contributed by atoms with Gasteiger partial charge in [0.05, 0.1) is 5.69 Å². The summed E-state index contributed by atoms with van der Waals surface area (Å²) < 4.78 is 1.23. The van der Waals surface area contributed by atoms with Crippen molar-refractivity contribution in [2.75, 3.05) is 0 Å². The van der Waals surface area contributed by atoms with Gasteiger partial charge in [0.1, 0.15) is 6.04 Å². The lowest BCUT2D eigenvalue weighted by Gasteiger charge is -2.16. The number of carbonyl (C=O) groups is 1. The SMILES string of the molecule is Cc1ccc(-c2ccc(=O)n(C(C)C(=O)NC(C)C)n2)cc1. The van der Waals surface area contributed by atoms with Gasteiger partial charge in [0, 0.05) is 17.7 Å². The lowest BCUT2D eigenvalue weighted by Crippen LogP contribution is -2.39. The summed E-state index contributed by atoms with van der Waals surface area (Å²) in [7, 11) is 0. The Balaban J connectivity index is 2.36. The van der Waals surface area contributed by atoms with Crippen molar-refractivity contribution in [3.05, 3.63) is 52.3 Å². The Morgan fingerprint density at radius 1 is 1.09 bits per heavy atom. The Hall–Kier alpha value is -2.43. The van der Waals surface area contributed by atoms with Crippen LogP contribution in [0.4, 0.5) is 0 Å². The van der Waals surface area contributed by atoms with Crippen molar-refractivity contribution in [2.45, 2.75) is 39.8 Å². The summed E-state index contributed by atoms with van der Waals surface area (Å²) in [6, 6.07) is 10.4. The Labute approximate surface area is 130 Å². The van der Waals surface area contributed by atoms with Gasteiger partial charge in [0.2, 0.25) is 5.91 Å². The van der Waals surface area contributed by atoms with Gasteiger partial charge in [0.25, 0.3) is 5.56 Å². The number of nitrogens with zero attached hydrogens (tertiary/aromatic N) is 2. The number of rotatable bonds is 4. The van der Waals surface area contributed by atoms with Crippen molar-refractivity contribution in [3.8, 4) is 11.3 Å². The van der Waals surface area contributed by atoms with Crippen molar-refractivity contribution in [2.24, 2.45) is 0 Å². The largest absolute Gasteiger partial charge is 0.352 e. The summed E-state index contributed by atoms with van der Waals surface area (Å²) in [5.74, 6) is -0.217. The van der Waals surface area contributed by atoms with Gasteiger partial charge < -0.3 is 5.32 Å². The van der Waals surface area contributed by atoms with Crippen LogP contribution < -0.4 is 10.9 Å². The maximum Gasteiger partial charge on any atom is 0.267 e. The fourth-order valence-corrected chi connectivity index (χ4v) is 2.10. The van der Waals surface area contributed by atoms with Crippen LogP contribution in [0.25, 0.3) is 11.3 Å². The lowest BCUT2D eigenvalue weighted by molar-refractivity contribution is -0.124. The first-order chi connectivity index (χ1) is 10.4. The van der Waals surface area contributed by atoms with Gasteiger partial charge in [-0.25, -0.2) is 4.68 Å². The van der Waals surface area contributed by atoms with Gasteiger partial charge in [-0.3, -0.25) is 9.59 Å². The second-order valence-corrected chi connectivity index (χ2v) is 5.71. The minimum atomic E-state index is -0.653. The first-order valence-electron chi connectivity index (χ1n) is 7.36. The standard InChI is InChI=1S/C17H21N3O2/c1-11(2)18-17(22)13(4)20-16(21)10-9-15(19-20)14-7-5-12(3)6-8-14/h5-11,13H,1-4H3,(H,18,22). The summed E-state index contributed by atoms with van der Waals surface area (Å²) in [5, 5.41) is 7.14. The van der Waals surface area contributed by atoms with Gasteiger partial charge in [-0.15, -0.1) is 0 Å². The molecule has 1 aromatic carbocycles. The molecule has 5 heteroatoms. The third-order valence-corrected chi connectivity index (χ3v) is 3.35. The molecule has 1 aromatic heterocycles. The minimum absolute atomic E-state index is 0.0194. The molecule has 1 unspecified atom stereocenters. The van der Waals surface area contributed by atoms with Gasteiger partial charge in [-0.05, 0) is 33.8 Å². The van der Waals surface area contributed by atoms with E-state index < -0.39 is 6.04 Å². The molecule has 1 amide bonds. The molecular weight excluding hydrogens is 278 g/mol. The van der Waals surface area contributed by atoms with E-state index in [1.54, 1.807) is 13.0 Å². The maximum atomic E-state index is 12.1. The van der Waals surface area contributed by atoms with Crippen LogP contribution in [0, 0.1) is 6.92 Å². The fraction of sp³-hybridized carbons (Fsp3) is 0.353. The topological polar surface area (TPSA) is 64.0 Å². The molecule has 0 spiro atoms.